The van der Waals surface area contributed by atoms with E-state index in [1.54, 1.807) is 0 Å². The number of amidine groups is 1. The van der Waals surface area contributed by atoms with Gasteiger partial charge in [0.1, 0.15) is 5.69 Å². The summed E-state index contributed by atoms with van der Waals surface area (Å²) in [5, 5.41) is 3.04. The summed E-state index contributed by atoms with van der Waals surface area (Å²) in [6, 6.07) is 1.92. The smallest absolute Gasteiger partial charge is 0.301 e. The van der Waals surface area contributed by atoms with Crippen molar-refractivity contribution in [2.45, 2.75) is 13.1 Å². The minimum absolute atomic E-state index is 0.0379. The summed E-state index contributed by atoms with van der Waals surface area (Å²) in [5.41, 5.74) is -0.853. The number of amides is 1. The summed E-state index contributed by atoms with van der Waals surface area (Å²) in [5.74, 6) is 0.298. The Balaban J connectivity index is 2.18. The topological polar surface area (TPSA) is 54.4 Å². The van der Waals surface area contributed by atoms with Crippen LogP contribution in [0.3, 0.4) is 0 Å². The minimum Gasteiger partial charge on any atom is -0.301 e. The average Bonchev–Trinajstić information content (AvgIpc) is 2.80. The van der Waals surface area contributed by atoms with E-state index in [-0.39, 0.29) is 11.3 Å². The van der Waals surface area contributed by atoms with Crippen molar-refractivity contribution in [2.24, 2.45) is 4.99 Å². The van der Waals surface area contributed by atoms with Crippen LogP contribution in [0.2, 0.25) is 0 Å². The molecule has 1 aliphatic heterocycles. The molecule has 0 unspecified atom stereocenters. The number of halogens is 3. The first-order valence-electron chi connectivity index (χ1n) is 5.41. The fourth-order valence-electron chi connectivity index (χ4n) is 1.53. The van der Waals surface area contributed by atoms with Crippen LogP contribution in [0.4, 0.5) is 13.2 Å². The van der Waals surface area contributed by atoms with Crippen molar-refractivity contribution < 1.29 is 18.0 Å². The lowest BCUT2D eigenvalue weighted by Crippen LogP contribution is -2.28. The summed E-state index contributed by atoms with van der Waals surface area (Å²) in [6.45, 7) is 2.00. The first-order chi connectivity index (χ1) is 8.88. The molecule has 1 amide bonds. The second-order valence-electron chi connectivity index (χ2n) is 3.82. The summed E-state index contributed by atoms with van der Waals surface area (Å²) >= 11 is 1.40. The van der Waals surface area contributed by atoms with Crippen LogP contribution in [0.5, 0.6) is 0 Å². The Morgan fingerprint density at radius 3 is 2.68 bits per heavy atom. The molecule has 0 saturated carbocycles. The normalized spacial score (nSPS) is 15.3. The fraction of sp³-hybridized carbons (Fsp3) is 0.364. The van der Waals surface area contributed by atoms with E-state index in [1.807, 2.05) is 0 Å². The number of aryl methyl sites for hydroxylation is 1. The molecule has 2 heterocycles. The molecule has 1 N–H and O–H groups in total. The molecule has 0 radical (unpaired) electrons. The number of pyridine rings is 1. The summed E-state index contributed by atoms with van der Waals surface area (Å²) in [7, 11) is 0. The maximum Gasteiger partial charge on any atom is 0.433 e. The van der Waals surface area contributed by atoms with E-state index in [2.05, 4.69) is 15.3 Å². The number of hydrogen-bond donors (Lipinski definition) is 1. The average molecular weight is 289 g/mol. The van der Waals surface area contributed by atoms with Gasteiger partial charge in [0.25, 0.3) is 5.91 Å². The van der Waals surface area contributed by atoms with Crippen molar-refractivity contribution in [3.05, 3.63) is 29.1 Å². The molecule has 0 atom stereocenters. The van der Waals surface area contributed by atoms with Gasteiger partial charge in [-0.1, -0.05) is 11.8 Å². The van der Waals surface area contributed by atoms with Crippen LogP contribution in [-0.2, 0) is 6.18 Å². The van der Waals surface area contributed by atoms with Crippen LogP contribution in [0.25, 0.3) is 0 Å². The van der Waals surface area contributed by atoms with Crippen molar-refractivity contribution in [3.63, 3.8) is 0 Å². The van der Waals surface area contributed by atoms with Gasteiger partial charge in [0.2, 0.25) is 0 Å². The molecular weight excluding hydrogens is 279 g/mol. The fourth-order valence-corrected chi connectivity index (χ4v) is 2.26. The third kappa shape index (κ3) is 3.25. The monoisotopic (exact) mass is 289 g/mol. The Morgan fingerprint density at radius 2 is 2.16 bits per heavy atom. The number of nitrogens with one attached hydrogen (secondary N) is 1. The zero-order valence-electron chi connectivity index (χ0n) is 9.91. The Hall–Kier alpha value is -1.57. The third-order valence-electron chi connectivity index (χ3n) is 2.43. The van der Waals surface area contributed by atoms with Crippen LogP contribution in [0.15, 0.2) is 17.1 Å². The molecule has 0 aliphatic carbocycles. The van der Waals surface area contributed by atoms with Gasteiger partial charge in [-0.05, 0) is 19.1 Å². The largest absolute Gasteiger partial charge is 0.433 e. The van der Waals surface area contributed by atoms with Crippen molar-refractivity contribution in [3.8, 4) is 0 Å². The highest BCUT2D eigenvalue weighted by Crippen LogP contribution is 2.28. The lowest BCUT2D eigenvalue weighted by Gasteiger charge is -2.10. The quantitative estimate of drug-likeness (QED) is 0.862. The number of thioether (sulfide) groups is 1. The first-order valence-corrected chi connectivity index (χ1v) is 6.40. The Bertz CT molecular complexity index is 542. The second kappa shape index (κ2) is 5.20. The van der Waals surface area contributed by atoms with Gasteiger partial charge in [-0.15, -0.1) is 0 Å². The van der Waals surface area contributed by atoms with Gasteiger partial charge in [0.05, 0.1) is 17.8 Å². The Morgan fingerprint density at radius 1 is 1.42 bits per heavy atom. The van der Waals surface area contributed by atoms with E-state index in [4.69, 9.17) is 0 Å². The van der Waals surface area contributed by atoms with Gasteiger partial charge in [0.15, 0.2) is 5.17 Å². The molecule has 8 heteroatoms. The molecule has 1 aromatic rings. The van der Waals surface area contributed by atoms with Crippen LogP contribution in [0.1, 0.15) is 21.7 Å². The number of carbonyl (C=O) groups is 1. The highest BCUT2D eigenvalue weighted by atomic mass is 32.2. The molecule has 0 bridgehead atoms. The van der Waals surface area contributed by atoms with E-state index in [9.17, 15) is 18.0 Å². The van der Waals surface area contributed by atoms with Crippen molar-refractivity contribution >= 4 is 22.8 Å². The molecule has 2 rings (SSSR count). The predicted octanol–water partition coefficient (Wildman–Crippen LogP) is 2.24. The van der Waals surface area contributed by atoms with Gasteiger partial charge in [-0.3, -0.25) is 9.79 Å². The second-order valence-corrected chi connectivity index (χ2v) is 4.90. The van der Waals surface area contributed by atoms with E-state index < -0.39 is 17.8 Å². The maximum absolute atomic E-state index is 12.4. The van der Waals surface area contributed by atoms with Crippen molar-refractivity contribution in [1.29, 1.82) is 0 Å². The van der Waals surface area contributed by atoms with Crippen LogP contribution in [-0.4, -0.2) is 28.4 Å². The SMILES string of the molecule is Cc1nc(C(F)(F)F)ccc1C(=O)NC1=NCCS1. The van der Waals surface area contributed by atoms with Crippen LogP contribution < -0.4 is 5.32 Å². The van der Waals surface area contributed by atoms with Gasteiger partial charge >= 0.3 is 6.18 Å². The summed E-state index contributed by atoms with van der Waals surface area (Å²) in [4.78, 5) is 19.3. The summed E-state index contributed by atoms with van der Waals surface area (Å²) in [6.07, 6.45) is -4.51. The van der Waals surface area contributed by atoms with Crippen molar-refractivity contribution in [2.75, 3.05) is 12.3 Å². The number of carbonyl (C=O) groups excluding carboxylic acids is 1. The van der Waals surface area contributed by atoms with Crippen molar-refractivity contribution in [1.82, 2.24) is 10.3 Å². The minimum atomic E-state index is -4.51. The number of alkyl halides is 3. The third-order valence-corrected chi connectivity index (χ3v) is 3.32. The predicted molar refractivity (Wildman–Crippen MR) is 66.2 cm³/mol. The van der Waals surface area contributed by atoms with Crippen LogP contribution in [0, 0.1) is 6.92 Å². The van der Waals surface area contributed by atoms with Gasteiger partial charge in [-0.25, -0.2) is 4.98 Å². The number of hydrogen-bond acceptors (Lipinski definition) is 4. The lowest BCUT2D eigenvalue weighted by atomic mass is 10.1. The molecule has 19 heavy (non-hydrogen) atoms. The van der Waals surface area contributed by atoms with E-state index >= 15 is 0 Å². The molecular formula is C11H10F3N3OS. The zero-order chi connectivity index (χ0) is 14.0. The van der Waals surface area contributed by atoms with E-state index in [0.29, 0.717) is 11.7 Å². The van der Waals surface area contributed by atoms with Crippen LogP contribution >= 0.6 is 11.8 Å². The number of aromatic nitrogens is 1. The molecule has 1 aromatic heterocycles. The molecule has 1 aliphatic rings. The van der Waals surface area contributed by atoms with E-state index in [1.165, 1.54) is 18.7 Å². The first kappa shape index (κ1) is 13.9. The Labute approximate surface area is 111 Å². The summed E-state index contributed by atoms with van der Waals surface area (Å²) < 4.78 is 37.3. The number of aliphatic imine (C=N–C) groups is 1. The zero-order valence-corrected chi connectivity index (χ0v) is 10.7. The maximum atomic E-state index is 12.4. The van der Waals surface area contributed by atoms with Gasteiger partial charge < -0.3 is 5.32 Å². The standard InChI is InChI=1S/C11H10F3N3OS/c1-6-7(2-3-8(16-6)11(12,13)14)9(18)17-10-15-4-5-19-10/h2-3H,4-5H2,1H3,(H,15,17,18). The molecule has 0 spiro atoms. The number of rotatable bonds is 1. The highest BCUT2D eigenvalue weighted by Gasteiger charge is 2.33. The lowest BCUT2D eigenvalue weighted by molar-refractivity contribution is -0.141. The Kier molecular flexibility index (Phi) is 3.79. The van der Waals surface area contributed by atoms with Gasteiger partial charge in [-0.2, -0.15) is 13.2 Å². The molecule has 0 aromatic carbocycles. The molecule has 0 fully saturated rings. The molecule has 0 saturated heterocycles. The molecule has 102 valence electrons. The molecule has 4 nitrogen and oxygen atoms in total. The highest BCUT2D eigenvalue weighted by molar-refractivity contribution is 8.14. The van der Waals surface area contributed by atoms with E-state index in [0.717, 1.165) is 17.9 Å². The van der Waals surface area contributed by atoms with Gasteiger partial charge in [0, 0.05) is 5.75 Å². The number of nitrogens with zero attached hydrogens (tertiary/aromatic N) is 2.